The zero-order valence-corrected chi connectivity index (χ0v) is 19.6. The Morgan fingerprint density at radius 2 is 1.91 bits per heavy atom. The Morgan fingerprint density at radius 3 is 2.56 bits per heavy atom. The summed E-state index contributed by atoms with van der Waals surface area (Å²) in [6.07, 6.45) is 1.88. The number of benzene rings is 2. The molecule has 172 valence electrons. The standard InChI is InChI=1S/C25H31ClN2O4/c1-17(2)23(27-24(29)20-11-5-6-12-21(20)26)25(30)28(16-19-10-8-14-32-19)15-18-9-4-7-13-22(18)31-3/h4-7,9,11-13,17,19,23H,8,10,14-16H2,1-3H3,(H,27,29). The summed E-state index contributed by atoms with van der Waals surface area (Å²) in [4.78, 5) is 28.4. The number of carbonyl (C=O) groups excluding carboxylic acids is 2. The third kappa shape index (κ3) is 6.02. The Hall–Kier alpha value is -2.57. The number of hydrogen-bond acceptors (Lipinski definition) is 4. The lowest BCUT2D eigenvalue weighted by Crippen LogP contribution is -2.52. The Kier molecular flexibility index (Phi) is 8.53. The van der Waals surface area contributed by atoms with Crippen LogP contribution in [-0.2, 0) is 16.1 Å². The van der Waals surface area contributed by atoms with Gasteiger partial charge in [0.1, 0.15) is 11.8 Å². The van der Waals surface area contributed by atoms with E-state index in [0.717, 1.165) is 24.2 Å². The van der Waals surface area contributed by atoms with Crippen LogP contribution < -0.4 is 10.1 Å². The van der Waals surface area contributed by atoms with Gasteiger partial charge >= 0.3 is 0 Å². The largest absolute Gasteiger partial charge is 0.496 e. The molecule has 0 saturated carbocycles. The van der Waals surface area contributed by atoms with Gasteiger partial charge in [-0.25, -0.2) is 0 Å². The summed E-state index contributed by atoms with van der Waals surface area (Å²) in [5, 5.41) is 3.26. The first-order valence-corrected chi connectivity index (χ1v) is 11.4. The number of carbonyl (C=O) groups is 2. The van der Waals surface area contributed by atoms with Crippen molar-refractivity contribution in [3.05, 3.63) is 64.7 Å². The van der Waals surface area contributed by atoms with Crippen molar-refractivity contribution in [1.29, 1.82) is 0 Å². The lowest BCUT2D eigenvalue weighted by Gasteiger charge is -2.32. The summed E-state index contributed by atoms with van der Waals surface area (Å²) in [6.45, 7) is 5.37. The summed E-state index contributed by atoms with van der Waals surface area (Å²) in [5.74, 6) is 0.0938. The molecule has 1 aliphatic heterocycles. The Morgan fingerprint density at radius 1 is 1.19 bits per heavy atom. The Labute approximate surface area is 194 Å². The fraction of sp³-hybridized carbons (Fsp3) is 0.440. The quantitative estimate of drug-likeness (QED) is 0.608. The van der Waals surface area contributed by atoms with Crippen LogP contribution in [0.1, 0.15) is 42.6 Å². The zero-order valence-electron chi connectivity index (χ0n) is 18.8. The summed E-state index contributed by atoms with van der Waals surface area (Å²) in [7, 11) is 1.62. The van der Waals surface area contributed by atoms with Gasteiger partial charge in [-0.2, -0.15) is 0 Å². The van der Waals surface area contributed by atoms with Crippen molar-refractivity contribution in [1.82, 2.24) is 10.2 Å². The highest BCUT2D eigenvalue weighted by Crippen LogP contribution is 2.23. The number of nitrogens with one attached hydrogen (secondary N) is 1. The third-order valence-electron chi connectivity index (χ3n) is 5.65. The van der Waals surface area contributed by atoms with Crippen molar-refractivity contribution in [2.24, 2.45) is 5.92 Å². The molecule has 2 atom stereocenters. The van der Waals surface area contributed by atoms with E-state index in [4.69, 9.17) is 21.1 Å². The molecule has 1 aliphatic rings. The van der Waals surface area contributed by atoms with Gasteiger partial charge in [-0.05, 0) is 37.0 Å². The van der Waals surface area contributed by atoms with Crippen molar-refractivity contribution in [2.45, 2.75) is 45.4 Å². The van der Waals surface area contributed by atoms with Crippen LogP contribution in [0.25, 0.3) is 0 Å². The van der Waals surface area contributed by atoms with E-state index < -0.39 is 6.04 Å². The highest BCUT2D eigenvalue weighted by Gasteiger charge is 2.32. The van der Waals surface area contributed by atoms with Crippen LogP contribution in [0.3, 0.4) is 0 Å². The highest BCUT2D eigenvalue weighted by molar-refractivity contribution is 6.33. The van der Waals surface area contributed by atoms with E-state index in [-0.39, 0.29) is 23.8 Å². The van der Waals surface area contributed by atoms with Gasteiger partial charge in [-0.1, -0.05) is 55.8 Å². The molecule has 2 amide bonds. The molecular weight excluding hydrogens is 428 g/mol. The minimum Gasteiger partial charge on any atom is -0.496 e. The molecule has 2 unspecified atom stereocenters. The smallest absolute Gasteiger partial charge is 0.253 e. The molecule has 6 nitrogen and oxygen atoms in total. The van der Waals surface area contributed by atoms with E-state index in [1.807, 2.05) is 38.1 Å². The maximum atomic E-state index is 13.7. The Balaban J connectivity index is 1.84. The summed E-state index contributed by atoms with van der Waals surface area (Å²) in [6, 6.07) is 13.8. The molecule has 2 aromatic carbocycles. The van der Waals surface area contributed by atoms with E-state index in [1.165, 1.54) is 0 Å². The zero-order chi connectivity index (χ0) is 23.1. The highest BCUT2D eigenvalue weighted by atomic mass is 35.5. The average Bonchev–Trinajstić information content (AvgIpc) is 3.30. The summed E-state index contributed by atoms with van der Waals surface area (Å²) in [5.41, 5.74) is 1.25. The van der Waals surface area contributed by atoms with Crippen molar-refractivity contribution in [3.63, 3.8) is 0 Å². The van der Waals surface area contributed by atoms with E-state index >= 15 is 0 Å². The predicted octanol–water partition coefficient (Wildman–Crippen LogP) is 4.31. The molecule has 0 spiro atoms. The molecule has 1 heterocycles. The molecule has 7 heteroatoms. The fourth-order valence-corrected chi connectivity index (χ4v) is 4.10. The van der Waals surface area contributed by atoms with Gasteiger partial charge in [0, 0.05) is 25.3 Å². The minimum atomic E-state index is -0.699. The molecule has 3 rings (SSSR count). The first-order valence-electron chi connectivity index (χ1n) is 11.0. The number of methoxy groups -OCH3 is 1. The second-order valence-corrected chi connectivity index (χ2v) is 8.75. The maximum absolute atomic E-state index is 13.7. The average molecular weight is 459 g/mol. The van der Waals surface area contributed by atoms with E-state index in [1.54, 1.807) is 36.3 Å². The number of halogens is 1. The van der Waals surface area contributed by atoms with E-state index in [0.29, 0.717) is 30.3 Å². The van der Waals surface area contributed by atoms with Gasteiger partial charge in [0.25, 0.3) is 5.91 Å². The minimum absolute atomic E-state index is 0.0132. The summed E-state index contributed by atoms with van der Waals surface area (Å²) < 4.78 is 11.3. The number of nitrogens with zero attached hydrogens (tertiary/aromatic N) is 1. The molecule has 32 heavy (non-hydrogen) atoms. The lowest BCUT2D eigenvalue weighted by atomic mass is 10.0. The van der Waals surface area contributed by atoms with Crippen molar-refractivity contribution >= 4 is 23.4 Å². The molecular formula is C25H31ClN2O4. The topological polar surface area (TPSA) is 67.9 Å². The number of para-hydroxylation sites is 1. The SMILES string of the molecule is COc1ccccc1CN(CC1CCCO1)C(=O)C(NC(=O)c1ccccc1Cl)C(C)C. The molecule has 1 N–H and O–H groups in total. The van der Waals surface area contributed by atoms with Crippen LogP contribution in [0.15, 0.2) is 48.5 Å². The molecule has 0 aromatic heterocycles. The molecule has 0 bridgehead atoms. The van der Waals surface area contributed by atoms with Crippen LogP contribution in [0.5, 0.6) is 5.75 Å². The second-order valence-electron chi connectivity index (χ2n) is 8.34. The van der Waals surface area contributed by atoms with Crippen LogP contribution in [0.4, 0.5) is 0 Å². The third-order valence-corrected chi connectivity index (χ3v) is 5.98. The van der Waals surface area contributed by atoms with E-state index in [9.17, 15) is 9.59 Å². The van der Waals surface area contributed by atoms with Crippen LogP contribution in [0, 0.1) is 5.92 Å². The normalized spacial score (nSPS) is 16.6. The molecule has 2 aromatic rings. The predicted molar refractivity (Wildman–Crippen MR) is 125 cm³/mol. The second kappa shape index (κ2) is 11.3. The molecule has 1 fully saturated rings. The van der Waals surface area contributed by atoms with Crippen molar-refractivity contribution in [3.8, 4) is 5.75 Å². The first-order chi connectivity index (χ1) is 15.4. The molecule has 1 saturated heterocycles. The van der Waals surface area contributed by atoms with Crippen LogP contribution in [0.2, 0.25) is 5.02 Å². The number of amides is 2. The number of ether oxygens (including phenoxy) is 2. The molecule has 0 radical (unpaired) electrons. The van der Waals surface area contributed by atoms with Gasteiger partial charge in [0.2, 0.25) is 5.91 Å². The van der Waals surface area contributed by atoms with Gasteiger partial charge in [0.15, 0.2) is 0 Å². The van der Waals surface area contributed by atoms with E-state index in [2.05, 4.69) is 5.32 Å². The fourth-order valence-electron chi connectivity index (χ4n) is 3.88. The van der Waals surface area contributed by atoms with Gasteiger partial charge in [-0.15, -0.1) is 0 Å². The number of hydrogen-bond donors (Lipinski definition) is 1. The van der Waals surface area contributed by atoms with Gasteiger partial charge in [0.05, 0.1) is 23.8 Å². The molecule has 0 aliphatic carbocycles. The van der Waals surface area contributed by atoms with Crippen LogP contribution in [-0.4, -0.2) is 49.1 Å². The summed E-state index contributed by atoms with van der Waals surface area (Å²) >= 11 is 6.19. The van der Waals surface area contributed by atoms with Gasteiger partial charge in [-0.3, -0.25) is 9.59 Å². The van der Waals surface area contributed by atoms with Crippen LogP contribution >= 0.6 is 11.6 Å². The lowest BCUT2D eigenvalue weighted by molar-refractivity contribution is -0.136. The van der Waals surface area contributed by atoms with Crippen molar-refractivity contribution in [2.75, 3.05) is 20.3 Å². The van der Waals surface area contributed by atoms with Gasteiger partial charge < -0.3 is 19.7 Å². The maximum Gasteiger partial charge on any atom is 0.253 e. The first kappa shape index (κ1) is 24.1. The van der Waals surface area contributed by atoms with Crippen molar-refractivity contribution < 1.29 is 19.1 Å². The Bertz CT molecular complexity index is 928. The number of rotatable bonds is 9. The monoisotopic (exact) mass is 458 g/mol.